The number of benzene rings is 2. The Morgan fingerprint density at radius 1 is 1.11 bits per heavy atom. The number of hydrogen-bond donors (Lipinski definition) is 2. The van der Waals surface area contributed by atoms with E-state index in [0.29, 0.717) is 24.7 Å². The van der Waals surface area contributed by atoms with Crippen molar-refractivity contribution in [3.63, 3.8) is 0 Å². The molecule has 2 N–H and O–H groups in total. The molecule has 0 spiro atoms. The van der Waals surface area contributed by atoms with Crippen molar-refractivity contribution >= 4 is 11.7 Å². The predicted octanol–water partition coefficient (Wildman–Crippen LogP) is 3.64. The normalized spacial score (nSPS) is 12.4. The molecule has 0 aliphatic heterocycles. The van der Waals surface area contributed by atoms with Gasteiger partial charge in [-0.05, 0) is 31.5 Å². The summed E-state index contributed by atoms with van der Waals surface area (Å²) >= 11 is 0. The van der Waals surface area contributed by atoms with Gasteiger partial charge in [0, 0.05) is 18.6 Å². The van der Waals surface area contributed by atoms with E-state index in [0.717, 1.165) is 11.1 Å². The van der Waals surface area contributed by atoms with Crippen LogP contribution in [-0.4, -0.2) is 30.4 Å². The lowest BCUT2D eigenvalue weighted by atomic mass is 10.1. The maximum Gasteiger partial charge on any atom is 0.333 e. The minimum absolute atomic E-state index is 0.271. The molecule has 0 amide bonds. The van der Waals surface area contributed by atoms with Gasteiger partial charge in [-0.3, -0.25) is 10.3 Å². The molecule has 2 aromatic carbocycles. The third-order valence-electron chi connectivity index (χ3n) is 3.69. The Kier molecular flexibility index (Phi) is 8.35. The van der Waals surface area contributed by atoms with Gasteiger partial charge in [-0.2, -0.15) is 0 Å². The summed E-state index contributed by atoms with van der Waals surface area (Å²) in [4.78, 5) is 16.6. The van der Waals surface area contributed by atoms with E-state index in [1.54, 1.807) is 25.3 Å². The van der Waals surface area contributed by atoms with E-state index in [4.69, 9.17) is 14.3 Å². The Morgan fingerprint density at radius 2 is 1.89 bits per heavy atom. The van der Waals surface area contributed by atoms with Crippen LogP contribution in [-0.2, 0) is 20.8 Å². The van der Waals surface area contributed by atoms with E-state index in [1.807, 2.05) is 49.4 Å². The maximum absolute atomic E-state index is 11.3. The quantitative estimate of drug-likeness (QED) is 0.464. The number of aliphatic carboxylic acids is 1. The Bertz CT molecular complexity index is 745. The monoisotopic (exact) mass is 371 g/mol. The van der Waals surface area contributed by atoms with E-state index < -0.39 is 12.1 Å². The molecule has 0 aromatic heterocycles. The van der Waals surface area contributed by atoms with Crippen molar-refractivity contribution in [1.82, 2.24) is 5.48 Å². The van der Waals surface area contributed by atoms with Gasteiger partial charge < -0.3 is 14.6 Å². The van der Waals surface area contributed by atoms with Gasteiger partial charge in [-0.25, -0.2) is 4.79 Å². The molecule has 0 bridgehead atoms. The summed E-state index contributed by atoms with van der Waals surface area (Å²) in [5.74, 6) is -0.379. The van der Waals surface area contributed by atoms with Gasteiger partial charge in [0.15, 0.2) is 6.10 Å². The fraction of sp³-hybridized carbons (Fsp3) is 0.286. The maximum atomic E-state index is 11.3. The van der Waals surface area contributed by atoms with Crippen LogP contribution in [0.4, 0.5) is 0 Å². The summed E-state index contributed by atoms with van der Waals surface area (Å²) in [6.07, 6.45) is 0.967. The van der Waals surface area contributed by atoms with Gasteiger partial charge in [-0.15, -0.1) is 0 Å². The highest BCUT2D eigenvalue weighted by Gasteiger charge is 2.18. The Morgan fingerprint density at radius 3 is 2.56 bits per heavy atom. The number of carboxylic acids is 1. The average molecular weight is 371 g/mol. The Balaban J connectivity index is 2.13. The third kappa shape index (κ3) is 6.77. The van der Waals surface area contributed by atoms with Crippen molar-refractivity contribution in [2.24, 2.45) is 0 Å². The van der Waals surface area contributed by atoms with Gasteiger partial charge in [-0.1, -0.05) is 42.5 Å². The summed E-state index contributed by atoms with van der Waals surface area (Å²) in [5, 5.41) is 9.23. The van der Waals surface area contributed by atoms with Crippen molar-refractivity contribution in [2.75, 3.05) is 13.2 Å². The minimum Gasteiger partial charge on any atom is -0.479 e. The van der Waals surface area contributed by atoms with Crippen LogP contribution in [0, 0.1) is 0 Å². The van der Waals surface area contributed by atoms with Crippen molar-refractivity contribution in [1.29, 1.82) is 0 Å². The van der Waals surface area contributed by atoms with Crippen LogP contribution in [0.3, 0.4) is 0 Å². The SMILES string of the molecule is CCONC(=COc1cccc(CC(OCC)C(=O)O)c1)c1ccccc1. The van der Waals surface area contributed by atoms with Gasteiger partial charge in [0.25, 0.3) is 0 Å². The smallest absolute Gasteiger partial charge is 0.333 e. The van der Waals surface area contributed by atoms with Crippen LogP contribution in [0.2, 0.25) is 0 Å². The van der Waals surface area contributed by atoms with Crippen LogP contribution in [0.5, 0.6) is 5.75 Å². The van der Waals surface area contributed by atoms with Gasteiger partial charge in [0.2, 0.25) is 0 Å². The summed E-state index contributed by atoms with van der Waals surface area (Å²) in [6, 6.07) is 16.9. The lowest BCUT2D eigenvalue weighted by Crippen LogP contribution is -2.26. The van der Waals surface area contributed by atoms with E-state index in [2.05, 4.69) is 5.48 Å². The number of carbonyl (C=O) groups is 1. The predicted molar refractivity (Wildman–Crippen MR) is 103 cm³/mol. The zero-order valence-electron chi connectivity index (χ0n) is 15.6. The molecule has 0 fully saturated rings. The lowest BCUT2D eigenvalue weighted by molar-refractivity contribution is -0.149. The molecule has 6 nitrogen and oxygen atoms in total. The van der Waals surface area contributed by atoms with Crippen LogP contribution >= 0.6 is 0 Å². The number of carboxylic acid groups (broad SMARTS) is 1. The molecule has 0 aliphatic rings. The fourth-order valence-electron chi connectivity index (χ4n) is 2.42. The van der Waals surface area contributed by atoms with Gasteiger partial charge in [0.1, 0.15) is 17.7 Å². The van der Waals surface area contributed by atoms with E-state index in [-0.39, 0.29) is 6.42 Å². The molecule has 6 heteroatoms. The first-order valence-electron chi connectivity index (χ1n) is 8.87. The van der Waals surface area contributed by atoms with Crippen LogP contribution in [0.1, 0.15) is 25.0 Å². The largest absolute Gasteiger partial charge is 0.479 e. The summed E-state index contributed by atoms with van der Waals surface area (Å²) < 4.78 is 11.0. The zero-order chi connectivity index (χ0) is 19.5. The highest BCUT2D eigenvalue weighted by molar-refractivity contribution is 5.72. The first-order valence-corrected chi connectivity index (χ1v) is 8.87. The third-order valence-corrected chi connectivity index (χ3v) is 3.69. The minimum atomic E-state index is -0.977. The molecule has 27 heavy (non-hydrogen) atoms. The molecule has 0 aliphatic carbocycles. The molecular formula is C21H25NO5. The number of rotatable bonds is 11. The number of nitrogens with one attached hydrogen (secondary N) is 1. The molecule has 0 saturated carbocycles. The topological polar surface area (TPSA) is 77.0 Å². The fourth-order valence-corrected chi connectivity index (χ4v) is 2.42. The van der Waals surface area contributed by atoms with Gasteiger partial charge in [0.05, 0.1) is 6.61 Å². The van der Waals surface area contributed by atoms with Crippen LogP contribution in [0.15, 0.2) is 60.9 Å². The standard InChI is InChI=1S/C21H25NO5/c1-3-25-20(21(23)24)14-16-9-8-12-18(13-16)26-15-19(22-27-4-2)17-10-6-5-7-11-17/h5-13,15,20,22H,3-4,14H2,1-2H3,(H,23,24). The summed E-state index contributed by atoms with van der Waals surface area (Å²) in [7, 11) is 0. The average Bonchev–Trinajstić information content (AvgIpc) is 2.68. The number of hydroxylamine groups is 1. The van der Waals surface area contributed by atoms with E-state index in [9.17, 15) is 9.90 Å². The van der Waals surface area contributed by atoms with Gasteiger partial charge >= 0.3 is 5.97 Å². The summed E-state index contributed by atoms with van der Waals surface area (Å²) in [6.45, 7) is 4.51. The second-order valence-electron chi connectivity index (χ2n) is 5.68. The number of hydrogen-bond acceptors (Lipinski definition) is 5. The Hall–Kier alpha value is -2.83. The second kappa shape index (κ2) is 11.0. The van der Waals surface area contributed by atoms with E-state index >= 15 is 0 Å². The van der Waals surface area contributed by atoms with Crippen LogP contribution in [0.25, 0.3) is 5.70 Å². The number of ether oxygens (including phenoxy) is 2. The second-order valence-corrected chi connectivity index (χ2v) is 5.68. The highest BCUT2D eigenvalue weighted by Crippen LogP contribution is 2.18. The molecule has 0 heterocycles. The molecule has 1 atom stereocenters. The van der Waals surface area contributed by atoms with Crippen LogP contribution < -0.4 is 10.2 Å². The van der Waals surface area contributed by atoms with Crippen molar-refractivity contribution in [2.45, 2.75) is 26.4 Å². The molecule has 2 rings (SSSR count). The first kappa shape index (κ1) is 20.5. The van der Waals surface area contributed by atoms with E-state index in [1.165, 1.54) is 0 Å². The molecular weight excluding hydrogens is 346 g/mol. The first-order chi connectivity index (χ1) is 13.1. The summed E-state index contributed by atoms with van der Waals surface area (Å²) in [5.41, 5.74) is 5.29. The zero-order valence-corrected chi connectivity index (χ0v) is 15.6. The molecule has 2 aromatic rings. The molecule has 0 saturated heterocycles. The van der Waals surface area contributed by atoms with Crippen molar-refractivity contribution < 1.29 is 24.2 Å². The molecule has 0 radical (unpaired) electrons. The lowest BCUT2D eigenvalue weighted by Gasteiger charge is -2.13. The van der Waals surface area contributed by atoms with Crippen molar-refractivity contribution in [3.05, 3.63) is 72.0 Å². The van der Waals surface area contributed by atoms with Crippen molar-refractivity contribution in [3.8, 4) is 5.75 Å². The highest BCUT2D eigenvalue weighted by atomic mass is 16.6. The molecule has 144 valence electrons. The Labute approximate surface area is 159 Å². The molecule has 1 unspecified atom stereocenters.